The molecule has 2 aromatic carbocycles. The van der Waals surface area contributed by atoms with Crippen LogP contribution in [0.25, 0.3) is 10.9 Å². The molecule has 2 heterocycles. The summed E-state index contributed by atoms with van der Waals surface area (Å²) < 4.78 is 5.77. The van der Waals surface area contributed by atoms with Gasteiger partial charge < -0.3 is 9.64 Å². The first kappa shape index (κ1) is 16.0. The zero-order valence-corrected chi connectivity index (χ0v) is 14.5. The Morgan fingerprint density at radius 2 is 1.88 bits per heavy atom. The third kappa shape index (κ3) is 3.33. The van der Waals surface area contributed by atoms with Crippen LogP contribution < -0.4 is 4.74 Å². The van der Waals surface area contributed by atoms with Gasteiger partial charge in [-0.3, -0.25) is 9.78 Å². The molecule has 4 rings (SSSR count). The number of hydrogen-bond acceptors (Lipinski definition) is 4. The van der Waals surface area contributed by atoms with Gasteiger partial charge in [0.15, 0.2) is 0 Å². The van der Waals surface area contributed by atoms with E-state index in [4.69, 9.17) is 4.74 Å². The number of carbonyl (C=O) groups is 1. The van der Waals surface area contributed by atoms with Gasteiger partial charge in [-0.05, 0) is 29.8 Å². The molecule has 0 aliphatic carbocycles. The number of ether oxygens (including phenoxy) is 1. The minimum atomic E-state index is 0.0137. The molecule has 126 valence electrons. The zero-order valence-electron chi connectivity index (χ0n) is 13.7. The van der Waals surface area contributed by atoms with Crippen molar-refractivity contribution < 1.29 is 9.53 Å². The van der Waals surface area contributed by atoms with Crippen LogP contribution in [-0.4, -0.2) is 34.7 Å². The van der Waals surface area contributed by atoms with Gasteiger partial charge in [-0.2, -0.15) is 0 Å². The van der Waals surface area contributed by atoms with E-state index < -0.39 is 0 Å². The Kier molecular flexibility index (Phi) is 4.57. The van der Waals surface area contributed by atoms with E-state index in [1.807, 2.05) is 65.7 Å². The van der Waals surface area contributed by atoms with E-state index in [9.17, 15) is 4.79 Å². The molecule has 25 heavy (non-hydrogen) atoms. The normalized spacial score (nSPS) is 17.2. The molecule has 0 saturated carbocycles. The molecule has 5 heteroatoms. The predicted molar refractivity (Wildman–Crippen MR) is 101 cm³/mol. The Morgan fingerprint density at radius 3 is 2.76 bits per heavy atom. The summed E-state index contributed by atoms with van der Waals surface area (Å²) in [5.74, 6) is 1.49. The van der Waals surface area contributed by atoms with Crippen LogP contribution in [0, 0.1) is 0 Å². The number of thioether (sulfide) groups is 1. The van der Waals surface area contributed by atoms with Crippen LogP contribution in [0.2, 0.25) is 0 Å². The van der Waals surface area contributed by atoms with E-state index in [-0.39, 0.29) is 11.3 Å². The van der Waals surface area contributed by atoms with Crippen molar-refractivity contribution in [2.24, 2.45) is 0 Å². The summed E-state index contributed by atoms with van der Waals surface area (Å²) in [6, 6.07) is 19.8. The summed E-state index contributed by atoms with van der Waals surface area (Å²) in [5.41, 5.74) is 2.10. The molecule has 0 bridgehead atoms. The van der Waals surface area contributed by atoms with Crippen LogP contribution in [0.4, 0.5) is 0 Å². The van der Waals surface area contributed by atoms with E-state index in [1.54, 1.807) is 11.8 Å². The Hall–Kier alpha value is -2.53. The number of hydrogen-bond donors (Lipinski definition) is 0. The van der Waals surface area contributed by atoms with Gasteiger partial charge in [-0.25, -0.2) is 0 Å². The number of pyridine rings is 1. The second-order valence-corrected chi connectivity index (χ2v) is 6.90. The Labute approximate surface area is 150 Å². The number of fused-ring (bicyclic) bond motifs is 1. The molecule has 1 aliphatic rings. The molecule has 1 saturated heterocycles. The smallest absolute Gasteiger partial charge is 0.233 e. The van der Waals surface area contributed by atoms with Gasteiger partial charge >= 0.3 is 0 Å². The molecule has 1 fully saturated rings. The van der Waals surface area contributed by atoms with Gasteiger partial charge in [-0.1, -0.05) is 36.4 Å². The Morgan fingerprint density at radius 1 is 1.08 bits per heavy atom. The summed E-state index contributed by atoms with van der Waals surface area (Å²) >= 11 is 1.67. The van der Waals surface area contributed by atoms with Crippen LogP contribution in [0.15, 0.2) is 66.9 Å². The molecule has 1 aromatic heterocycles. The molecule has 0 spiro atoms. The lowest BCUT2D eigenvalue weighted by Gasteiger charge is -2.25. The molecule has 0 radical (unpaired) electrons. The highest BCUT2D eigenvalue weighted by molar-refractivity contribution is 8.00. The van der Waals surface area contributed by atoms with Crippen molar-refractivity contribution in [2.75, 3.05) is 18.9 Å². The van der Waals surface area contributed by atoms with E-state index >= 15 is 0 Å². The third-order valence-electron chi connectivity index (χ3n) is 4.26. The zero-order chi connectivity index (χ0) is 17.1. The van der Waals surface area contributed by atoms with Crippen molar-refractivity contribution in [3.63, 3.8) is 0 Å². The monoisotopic (exact) mass is 350 g/mol. The van der Waals surface area contributed by atoms with Gasteiger partial charge in [0.1, 0.15) is 17.7 Å². The van der Waals surface area contributed by atoms with Crippen molar-refractivity contribution in [3.8, 4) is 5.75 Å². The quantitative estimate of drug-likeness (QED) is 0.700. The predicted octanol–water partition coefficient (Wildman–Crippen LogP) is 3.89. The molecule has 1 amide bonds. The minimum Gasteiger partial charge on any atom is -0.492 e. The number of rotatable bonds is 5. The molecule has 4 nitrogen and oxygen atoms in total. The first-order valence-electron chi connectivity index (χ1n) is 8.25. The Bertz CT molecular complexity index is 880. The number of benzene rings is 2. The highest BCUT2D eigenvalue weighted by Crippen LogP contribution is 2.40. The van der Waals surface area contributed by atoms with Gasteiger partial charge in [0.05, 0.1) is 17.8 Å². The first-order chi connectivity index (χ1) is 12.3. The first-order valence-corrected chi connectivity index (χ1v) is 9.30. The minimum absolute atomic E-state index is 0.0137. The largest absolute Gasteiger partial charge is 0.492 e. The number of aromatic nitrogens is 1. The van der Waals surface area contributed by atoms with Crippen LogP contribution in [0.5, 0.6) is 5.75 Å². The van der Waals surface area contributed by atoms with Crippen LogP contribution in [-0.2, 0) is 4.79 Å². The second-order valence-electron chi connectivity index (χ2n) is 5.83. The van der Waals surface area contributed by atoms with Crippen molar-refractivity contribution in [2.45, 2.75) is 5.37 Å². The maximum absolute atomic E-state index is 12.4. The fourth-order valence-electron chi connectivity index (χ4n) is 3.07. The topological polar surface area (TPSA) is 42.4 Å². The number of carbonyl (C=O) groups excluding carboxylic acids is 1. The lowest BCUT2D eigenvalue weighted by Crippen LogP contribution is -2.32. The average Bonchev–Trinajstić information content (AvgIpc) is 3.03. The molecule has 1 unspecified atom stereocenters. The van der Waals surface area contributed by atoms with E-state index in [0.717, 1.165) is 22.2 Å². The van der Waals surface area contributed by atoms with Crippen molar-refractivity contribution in [1.29, 1.82) is 0 Å². The number of nitrogens with zero attached hydrogens (tertiary/aromatic N) is 2. The summed E-state index contributed by atoms with van der Waals surface area (Å²) in [7, 11) is 0. The second kappa shape index (κ2) is 7.15. The molecule has 3 aromatic rings. The summed E-state index contributed by atoms with van der Waals surface area (Å²) in [6.07, 6.45) is 1.82. The van der Waals surface area contributed by atoms with Gasteiger partial charge in [0, 0.05) is 11.6 Å². The molecular weight excluding hydrogens is 332 g/mol. The van der Waals surface area contributed by atoms with Gasteiger partial charge in [-0.15, -0.1) is 11.8 Å². The summed E-state index contributed by atoms with van der Waals surface area (Å²) in [5, 5.41) is 1.12. The average molecular weight is 350 g/mol. The van der Waals surface area contributed by atoms with Gasteiger partial charge in [0.2, 0.25) is 5.91 Å². The fourth-order valence-corrected chi connectivity index (χ4v) is 4.32. The number of amides is 1. The van der Waals surface area contributed by atoms with E-state index in [2.05, 4.69) is 11.1 Å². The lowest BCUT2D eigenvalue weighted by atomic mass is 10.1. The van der Waals surface area contributed by atoms with Crippen LogP contribution in [0.1, 0.15) is 10.9 Å². The Balaban J connectivity index is 1.53. The standard InChI is InChI=1S/C20H18N2O2S/c23-19-14-25-20(17-10-11-21-18-9-5-4-8-16(17)18)22(19)12-13-24-15-6-2-1-3-7-15/h1-11,20H,12-14H2. The van der Waals surface area contributed by atoms with Crippen molar-refractivity contribution >= 4 is 28.6 Å². The SMILES string of the molecule is O=C1CSC(c2ccnc3ccccc23)N1CCOc1ccccc1. The van der Waals surface area contributed by atoms with E-state index in [1.165, 1.54) is 0 Å². The van der Waals surface area contributed by atoms with Gasteiger partial charge in [0.25, 0.3) is 0 Å². The number of para-hydroxylation sites is 2. The van der Waals surface area contributed by atoms with E-state index in [0.29, 0.717) is 18.9 Å². The highest BCUT2D eigenvalue weighted by atomic mass is 32.2. The van der Waals surface area contributed by atoms with Crippen LogP contribution >= 0.6 is 11.8 Å². The molecular formula is C20H18N2O2S. The maximum Gasteiger partial charge on any atom is 0.233 e. The fraction of sp³-hybridized carbons (Fsp3) is 0.200. The molecule has 1 atom stereocenters. The summed E-state index contributed by atoms with van der Waals surface area (Å²) in [4.78, 5) is 18.7. The highest BCUT2D eigenvalue weighted by Gasteiger charge is 2.33. The molecule has 0 N–H and O–H groups in total. The van der Waals surface area contributed by atoms with Crippen molar-refractivity contribution in [1.82, 2.24) is 9.88 Å². The molecule has 1 aliphatic heterocycles. The third-order valence-corrected chi connectivity index (χ3v) is 5.50. The lowest BCUT2D eigenvalue weighted by molar-refractivity contribution is -0.128. The van der Waals surface area contributed by atoms with Crippen LogP contribution in [0.3, 0.4) is 0 Å². The summed E-state index contributed by atoms with van der Waals surface area (Å²) in [6.45, 7) is 1.05. The van der Waals surface area contributed by atoms with Crippen molar-refractivity contribution in [3.05, 3.63) is 72.4 Å². The maximum atomic E-state index is 12.4.